The van der Waals surface area contributed by atoms with Crippen LogP contribution in [0.4, 0.5) is 0 Å². The average Bonchev–Trinajstić information content (AvgIpc) is 3.55. The van der Waals surface area contributed by atoms with E-state index in [1.54, 1.807) is 0 Å². The lowest BCUT2D eigenvalue weighted by Gasteiger charge is -2.12. The number of benzene rings is 7. The molecule has 0 aliphatic carbocycles. The fourth-order valence-corrected chi connectivity index (χ4v) is 7.23. The molecule has 0 spiro atoms. The number of pyridine rings is 1. The fraction of sp³-hybridized carbons (Fsp3) is 0. The zero-order valence-corrected chi connectivity index (χ0v) is 27.5. The number of hydrogen-bond acceptors (Lipinski definition) is 3. The fourth-order valence-electron chi connectivity index (χ4n) is 7.23. The zero-order valence-electron chi connectivity index (χ0n) is 28.5. The van der Waals surface area contributed by atoms with E-state index >= 15 is 0 Å². The van der Waals surface area contributed by atoms with Gasteiger partial charge in [0.05, 0.1) is 29.3 Å². The Morgan fingerprint density at radius 2 is 1.04 bits per heavy atom. The van der Waals surface area contributed by atoms with E-state index in [0.717, 1.165) is 71.9 Å². The van der Waals surface area contributed by atoms with E-state index < -0.39 is 0 Å². The van der Waals surface area contributed by atoms with Crippen molar-refractivity contribution in [2.75, 3.05) is 0 Å². The Labute approximate surface area is 296 Å². The van der Waals surface area contributed by atoms with Crippen LogP contribution in [0.3, 0.4) is 0 Å². The summed E-state index contributed by atoms with van der Waals surface area (Å²) in [5, 5.41) is 3.95. The minimum absolute atomic E-state index is 0.407. The van der Waals surface area contributed by atoms with Crippen molar-refractivity contribution in [3.05, 3.63) is 182 Å². The van der Waals surface area contributed by atoms with Crippen LogP contribution in [0.2, 0.25) is 0 Å². The Morgan fingerprint density at radius 3 is 1.80 bits per heavy atom. The van der Waals surface area contributed by atoms with Crippen LogP contribution in [0.25, 0.3) is 94.3 Å². The Balaban J connectivity index is 1.16. The molecule has 0 aliphatic heterocycles. The molecule has 238 valence electrons. The van der Waals surface area contributed by atoms with E-state index in [-0.39, 0.29) is 0 Å². The van der Waals surface area contributed by atoms with Gasteiger partial charge in [-0.2, -0.15) is 0 Å². The highest BCUT2D eigenvalue weighted by atomic mass is 15.0. The predicted octanol–water partition coefficient (Wildman–Crippen LogP) is 11.9. The number of hydrogen-bond donors (Lipinski definition) is 0. The maximum atomic E-state index is 9.17. The molecule has 7 aromatic carbocycles. The first kappa shape index (κ1) is 28.0. The van der Waals surface area contributed by atoms with Crippen LogP contribution >= 0.6 is 0 Å². The molecule has 10 rings (SSSR count). The van der Waals surface area contributed by atoms with Gasteiger partial charge in [0.1, 0.15) is 5.52 Å². The first-order chi connectivity index (χ1) is 25.7. The molecule has 0 aliphatic rings. The van der Waals surface area contributed by atoms with Gasteiger partial charge in [0.15, 0.2) is 5.82 Å². The number of fused-ring (bicyclic) bond motifs is 6. The SMILES string of the molecule is [2H]c1cc(-c2ccc3c(c2)c2ccccc2n3-c2ccc(-c3ccccc3)cc2)nc2c1ccc1c(-c3ccccc3)nc(-c3ccccc3)nc12. The van der Waals surface area contributed by atoms with Crippen molar-refractivity contribution in [1.82, 2.24) is 19.5 Å². The van der Waals surface area contributed by atoms with Gasteiger partial charge in [-0.15, -0.1) is 0 Å². The summed E-state index contributed by atoms with van der Waals surface area (Å²) in [6.07, 6.45) is 0. The van der Waals surface area contributed by atoms with Gasteiger partial charge in [-0.25, -0.2) is 15.0 Å². The highest BCUT2D eigenvalue weighted by Gasteiger charge is 2.17. The van der Waals surface area contributed by atoms with Gasteiger partial charge in [0.2, 0.25) is 0 Å². The van der Waals surface area contributed by atoms with Crippen molar-refractivity contribution >= 4 is 43.6 Å². The normalized spacial score (nSPS) is 11.8. The largest absolute Gasteiger partial charge is 0.309 e. The highest BCUT2D eigenvalue weighted by molar-refractivity contribution is 6.11. The maximum absolute atomic E-state index is 9.17. The van der Waals surface area contributed by atoms with E-state index in [2.05, 4.69) is 108 Å². The maximum Gasteiger partial charge on any atom is 0.160 e. The van der Waals surface area contributed by atoms with Gasteiger partial charge >= 0.3 is 0 Å². The Morgan fingerprint density at radius 1 is 0.412 bits per heavy atom. The van der Waals surface area contributed by atoms with Gasteiger partial charge in [-0.1, -0.05) is 140 Å². The van der Waals surface area contributed by atoms with Crippen molar-refractivity contribution in [3.8, 4) is 50.7 Å². The molecule has 0 unspecified atom stereocenters. The molecule has 0 saturated heterocycles. The summed E-state index contributed by atoms with van der Waals surface area (Å²) < 4.78 is 11.5. The zero-order chi connectivity index (χ0) is 34.6. The molecular formula is C47H30N4. The van der Waals surface area contributed by atoms with Gasteiger partial charge in [0, 0.05) is 43.9 Å². The summed E-state index contributed by atoms with van der Waals surface area (Å²) in [6, 6.07) is 60.8. The predicted molar refractivity (Wildman–Crippen MR) is 211 cm³/mol. The average molecular weight is 652 g/mol. The molecule has 0 amide bonds. The topological polar surface area (TPSA) is 43.6 Å². The molecule has 0 atom stereocenters. The molecule has 0 saturated carbocycles. The lowest BCUT2D eigenvalue weighted by molar-refractivity contribution is 1.18. The van der Waals surface area contributed by atoms with Crippen LogP contribution in [0.5, 0.6) is 0 Å². The number of nitrogens with zero attached hydrogens (tertiary/aromatic N) is 4. The van der Waals surface area contributed by atoms with Gasteiger partial charge in [-0.3, -0.25) is 0 Å². The lowest BCUT2D eigenvalue weighted by Crippen LogP contribution is -1.97. The molecule has 4 nitrogen and oxygen atoms in total. The molecule has 3 heterocycles. The molecule has 3 aromatic heterocycles. The van der Waals surface area contributed by atoms with Crippen molar-refractivity contribution < 1.29 is 1.37 Å². The van der Waals surface area contributed by atoms with E-state index in [0.29, 0.717) is 17.4 Å². The van der Waals surface area contributed by atoms with Gasteiger partial charge in [0.25, 0.3) is 0 Å². The Hall–Kier alpha value is -6.91. The third-order valence-electron chi connectivity index (χ3n) is 9.72. The van der Waals surface area contributed by atoms with Crippen LogP contribution < -0.4 is 0 Å². The summed E-state index contributed by atoms with van der Waals surface area (Å²) in [4.78, 5) is 15.5. The molecule has 0 radical (unpaired) electrons. The molecule has 0 bridgehead atoms. The standard InChI is InChI=1S/C47H30N4/c1-4-12-31(13-5-1)32-20-25-37(26-21-32)51-42-19-11-10-18-38(42)40-30-36(24-29-43(40)51)41-28-23-34-22-27-39-44(33-14-6-2-7-15-33)49-47(35-16-8-3-9-17-35)50-46(39)45(34)48-41/h1-30H/i23D. The van der Waals surface area contributed by atoms with Crippen molar-refractivity contribution in [1.29, 1.82) is 0 Å². The number of rotatable bonds is 5. The summed E-state index contributed by atoms with van der Waals surface area (Å²) in [5.41, 5.74) is 11.6. The Kier molecular flexibility index (Phi) is 6.53. The minimum Gasteiger partial charge on any atom is -0.309 e. The second-order valence-electron chi connectivity index (χ2n) is 12.8. The molecule has 0 fully saturated rings. The van der Waals surface area contributed by atoms with Crippen LogP contribution in [-0.4, -0.2) is 19.5 Å². The highest BCUT2D eigenvalue weighted by Crippen LogP contribution is 2.37. The Bertz CT molecular complexity index is 2940. The van der Waals surface area contributed by atoms with E-state index in [1.165, 1.54) is 11.1 Å². The molecular weight excluding hydrogens is 621 g/mol. The summed E-state index contributed by atoms with van der Waals surface area (Å²) in [7, 11) is 0. The monoisotopic (exact) mass is 651 g/mol. The van der Waals surface area contributed by atoms with Crippen molar-refractivity contribution in [2.45, 2.75) is 0 Å². The van der Waals surface area contributed by atoms with E-state index in [1.807, 2.05) is 72.8 Å². The summed E-state index contributed by atoms with van der Waals surface area (Å²) in [5.74, 6) is 0.629. The third-order valence-corrected chi connectivity index (χ3v) is 9.72. The number of para-hydroxylation sites is 1. The third kappa shape index (κ3) is 4.96. The first-order valence-corrected chi connectivity index (χ1v) is 17.1. The van der Waals surface area contributed by atoms with Crippen molar-refractivity contribution in [3.63, 3.8) is 0 Å². The molecule has 0 N–H and O–H groups in total. The van der Waals surface area contributed by atoms with Crippen LogP contribution in [0.15, 0.2) is 182 Å². The summed E-state index contributed by atoms with van der Waals surface area (Å²) in [6.45, 7) is 0. The van der Waals surface area contributed by atoms with E-state index in [9.17, 15) is 0 Å². The molecule has 4 heteroatoms. The number of aromatic nitrogens is 4. The van der Waals surface area contributed by atoms with Crippen molar-refractivity contribution in [2.24, 2.45) is 0 Å². The van der Waals surface area contributed by atoms with E-state index in [4.69, 9.17) is 16.3 Å². The van der Waals surface area contributed by atoms with Crippen LogP contribution in [-0.2, 0) is 0 Å². The van der Waals surface area contributed by atoms with Crippen LogP contribution in [0.1, 0.15) is 1.37 Å². The molecule has 51 heavy (non-hydrogen) atoms. The summed E-state index contributed by atoms with van der Waals surface area (Å²) >= 11 is 0. The second kappa shape index (κ2) is 11.9. The molecule has 10 aromatic rings. The van der Waals surface area contributed by atoms with Gasteiger partial charge < -0.3 is 4.57 Å². The second-order valence-corrected chi connectivity index (χ2v) is 12.8. The smallest absolute Gasteiger partial charge is 0.160 e. The lowest BCUT2D eigenvalue weighted by atomic mass is 10.0. The van der Waals surface area contributed by atoms with Crippen LogP contribution in [0, 0.1) is 0 Å². The minimum atomic E-state index is 0.407. The van der Waals surface area contributed by atoms with Gasteiger partial charge in [-0.05, 0) is 53.6 Å². The first-order valence-electron chi connectivity index (χ1n) is 17.6. The quantitative estimate of drug-likeness (QED) is 0.174.